The summed E-state index contributed by atoms with van der Waals surface area (Å²) in [4.78, 5) is 37.5. The van der Waals surface area contributed by atoms with Gasteiger partial charge >= 0.3 is 0 Å². The van der Waals surface area contributed by atoms with E-state index in [1.807, 2.05) is 42.5 Å². The zero-order valence-electron chi connectivity index (χ0n) is 19.5. The van der Waals surface area contributed by atoms with Crippen LogP contribution in [-0.4, -0.2) is 35.1 Å². The van der Waals surface area contributed by atoms with Gasteiger partial charge in [-0.2, -0.15) is 5.10 Å². The summed E-state index contributed by atoms with van der Waals surface area (Å²) in [5, 5.41) is 17.7. The summed E-state index contributed by atoms with van der Waals surface area (Å²) in [5.74, 6) is -1.69. The molecular formula is C28H23ClN4O4. The quantitative estimate of drug-likeness (QED) is 0.210. The van der Waals surface area contributed by atoms with E-state index in [-0.39, 0.29) is 22.8 Å². The number of hydrogen-bond acceptors (Lipinski definition) is 5. The highest BCUT2D eigenvalue weighted by atomic mass is 35.5. The summed E-state index contributed by atoms with van der Waals surface area (Å²) in [6.07, 6.45) is 1.74. The summed E-state index contributed by atoms with van der Waals surface area (Å²) in [5.41, 5.74) is 10.1. The first-order valence-electron chi connectivity index (χ1n) is 11.3. The van der Waals surface area contributed by atoms with Crippen molar-refractivity contribution in [2.24, 2.45) is 10.8 Å². The Balaban J connectivity index is 1.53. The fourth-order valence-corrected chi connectivity index (χ4v) is 4.00. The van der Waals surface area contributed by atoms with Crippen molar-refractivity contribution in [2.45, 2.75) is 12.5 Å². The molecule has 0 radical (unpaired) electrons. The van der Waals surface area contributed by atoms with E-state index in [0.717, 1.165) is 10.9 Å². The molecule has 1 unspecified atom stereocenters. The average Bonchev–Trinajstić information content (AvgIpc) is 2.90. The number of carbonyl (C=O) groups is 3. The predicted molar refractivity (Wildman–Crippen MR) is 143 cm³/mol. The molecule has 8 nitrogen and oxygen atoms in total. The number of primary amides is 1. The number of nitrogens with one attached hydrogen (secondary N) is 2. The number of halogens is 1. The fourth-order valence-electron chi connectivity index (χ4n) is 3.81. The summed E-state index contributed by atoms with van der Waals surface area (Å²) < 4.78 is 0. The molecule has 0 spiro atoms. The molecule has 0 aliphatic carbocycles. The van der Waals surface area contributed by atoms with Crippen LogP contribution < -0.4 is 16.5 Å². The lowest BCUT2D eigenvalue weighted by Gasteiger charge is -2.17. The maximum Gasteiger partial charge on any atom is 0.271 e. The van der Waals surface area contributed by atoms with E-state index >= 15 is 0 Å². The topological polar surface area (TPSA) is 134 Å². The molecule has 0 aromatic heterocycles. The Hall–Kier alpha value is -4.69. The smallest absolute Gasteiger partial charge is 0.271 e. The van der Waals surface area contributed by atoms with E-state index in [9.17, 15) is 19.5 Å². The summed E-state index contributed by atoms with van der Waals surface area (Å²) in [6.45, 7) is 0. The number of carbonyl (C=O) groups excluding carboxylic acids is 3. The Labute approximate surface area is 217 Å². The van der Waals surface area contributed by atoms with Gasteiger partial charge in [0.15, 0.2) is 0 Å². The Kier molecular flexibility index (Phi) is 7.80. The minimum atomic E-state index is -0.876. The molecule has 0 bridgehead atoms. The largest absolute Gasteiger partial charge is 0.506 e. The standard InChI is InChI=1S/C28H23ClN4O4/c29-23-15-18(11-13-25(23)34)27(36)33-31-16-19-10-12-22(21-9-5-4-8-20(19)21)28(37)32-24(26(30)35)14-17-6-2-1-3-7-17/h1-13,15-16,24,34H,14H2,(H2,30,35)(H,32,37)(H,33,36)/b31-16+. The molecule has 186 valence electrons. The molecular weight excluding hydrogens is 492 g/mol. The molecule has 9 heteroatoms. The molecule has 0 fully saturated rings. The second-order valence-corrected chi connectivity index (χ2v) is 8.64. The van der Waals surface area contributed by atoms with Crippen LogP contribution in [0.25, 0.3) is 10.8 Å². The highest BCUT2D eigenvalue weighted by Crippen LogP contribution is 2.24. The van der Waals surface area contributed by atoms with Gasteiger partial charge < -0.3 is 16.2 Å². The van der Waals surface area contributed by atoms with E-state index < -0.39 is 23.8 Å². The van der Waals surface area contributed by atoms with Crippen molar-refractivity contribution in [1.82, 2.24) is 10.7 Å². The van der Waals surface area contributed by atoms with Crippen molar-refractivity contribution >= 4 is 46.3 Å². The fraction of sp³-hybridized carbons (Fsp3) is 0.0714. The normalized spacial score (nSPS) is 11.8. The minimum absolute atomic E-state index is 0.0545. The number of fused-ring (bicyclic) bond motifs is 1. The molecule has 37 heavy (non-hydrogen) atoms. The van der Waals surface area contributed by atoms with Crippen LogP contribution in [0.2, 0.25) is 5.02 Å². The lowest BCUT2D eigenvalue weighted by molar-refractivity contribution is -0.119. The van der Waals surface area contributed by atoms with Gasteiger partial charge in [-0.15, -0.1) is 0 Å². The molecule has 0 heterocycles. The average molecular weight is 515 g/mol. The zero-order valence-corrected chi connectivity index (χ0v) is 20.3. The third kappa shape index (κ3) is 6.12. The number of benzene rings is 4. The number of nitrogens with two attached hydrogens (primary N) is 1. The summed E-state index contributed by atoms with van der Waals surface area (Å²) in [6, 6.07) is 23.0. The van der Waals surface area contributed by atoms with Crippen LogP contribution >= 0.6 is 11.6 Å². The number of amides is 3. The first-order valence-corrected chi connectivity index (χ1v) is 11.7. The number of nitrogens with zero attached hydrogens (tertiary/aromatic N) is 1. The van der Waals surface area contributed by atoms with Crippen molar-refractivity contribution < 1.29 is 19.5 Å². The van der Waals surface area contributed by atoms with Crippen molar-refractivity contribution in [3.05, 3.63) is 112 Å². The van der Waals surface area contributed by atoms with Crippen molar-refractivity contribution in [3.8, 4) is 5.75 Å². The lowest BCUT2D eigenvalue weighted by atomic mass is 9.98. The molecule has 1 atom stereocenters. The van der Waals surface area contributed by atoms with Gasteiger partial charge in [0.25, 0.3) is 11.8 Å². The molecule has 0 aliphatic heterocycles. The van der Waals surface area contributed by atoms with E-state index in [4.69, 9.17) is 17.3 Å². The van der Waals surface area contributed by atoms with Gasteiger partial charge in [0.05, 0.1) is 11.2 Å². The van der Waals surface area contributed by atoms with Crippen LogP contribution in [0.3, 0.4) is 0 Å². The minimum Gasteiger partial charge on any atom is -0.506 e. The molecule has 3 amide bonds. The molecule has 0 aliphatic rings. The number of phenolic OH excluding ortho intramolecular Hbond substituents is 1. The predicted octanol–water partition coefficient (Wildman–Crippen LogP) is 3.79. The summed E-state index contributed by atoms with van der Waals surface area (Å²) in [7, 11) is 0. The number of aromatic hydroxyl groups is 1. The van der Waals surface area contributed by atoms with Crippen molar-refractivity contribution in [3.63, 3.8) is 0 Å². The van der Waals surface area contributed by atoms with E-state index in [0.29, 0.717) is 16.5 Å². The Bertz CT molecular complexity index is 1510. The van der Waals surface area contributed by atoms with Crippen molar-refractivity contribution in [1.29, 1.82) is 0 Å². The highest BCUT2D eigenvalue weighted by molar-refractivity contribution is 6.32. The third-order valence-corrected chi connectivity index (χ3v) is 6.02. The molecule has 4 aromatic rings. The molecule has 4 rings (SSSR count). The molecule has 5 N–H and O–H groups in total. The molecule has 0 saturated heterocycles. The first-order chi connectivity index (χ1) is 17.8. The number of hydrogen-bond donors (Lipinski definition) is 4. The van der Waals surface area contributed by atoms with E-state index in [1.54, 1.807) is 24.3 Å². The van der Waals surface area contributed by atoms with Crippen LogP contribution in [0, 0.1) is 0 Å². The van der Waals surface area contributed by atoms with Gasteiger partial charge in [-0.05, 0) is 40.6 Å². The second kappa shape index (κ2) is 11.4. The lowest BCUT2D eigenvalue weighted by Crippen LogP contribution is -2.45. The van der Waals surface area contributed by atoms with Gasteiger partial charge in [0.1, 0.15) is 11.8 Å². The van der Waals surface area contributed by atoms with Gasteiger partial charge in [-0.25, -0.2) is 5.43 Å². The third-order valence-electron chi connectivity index (χ3n) is 5.71. The number of hydrazone groups is 1. The molecule has 4 aromatic carbocycles. The first kappa shape index (κ1) is 25.4. The maximum atomic E-state index is 13.1. The van der Waals surface area contributed by atoms with E-state index in [2.05, 4.69) is 15.8 Å². The molecule has 0 saturated carbocycles. The number of phenols is 1. The van der Waals surface area contributed by atoms with Gasteiger partial charge in [-0.3, -0.25) is 14.4 Å². The maximum absolute atomic E-state index is 13.1. The van der Waals surface area contributed by atoms with Gasteiger partial charge in [-0.1, -0.05) is 72.3 Å². The van der Waals surface area contributed by atoms with Gasteiger partial charge in [0, 0.05) is 23.1 Å². The number of rotatable bonds is 8. The van der Waals surface area contributed by atoms with Crippen LogP contribution in [0.15, 0.2) is 90.0 Å². The SMILES string of the molecule is NC(=O)C(Cc1ccccc1)NC(=O)c1ccc(/C=N/NC(=O)c2ccc(O)c(Cl)c2)c2ccccc12. The highest BCUT2D eigenvalue weighted by Gasteiger charge is 2.21. The summed E-state index contributed by atoms with van der Waals surface area (Å²) >= 11 is 5.86. The van der Waals surface area contributed by atoms with Crippen molar-refractivity contribution in [2.75, 3.05) is 0 Å². The zero-order chi connectivity index (χ0) is 26.4. The van der Waals surface area contributed by atoms with Crippen LogP contribution in [0.4, 0.5) is 0 Å². The Morgan fingerprint density at radius 1 is 0.919 bits per heavy atom. The Morgan fingerprint density at radius 3 is 2.32 bits per heavy atom. The van der Waals surface area contributed by atoms with E-state index in [1.165, 1.54) is 24.4 Å². The Morgan fingerprint density at radius 2 is 1.62 bits per heavy atom. The monoisotopic (exact) mass is 514 g/mol. The second-order valence-electron chi connectivity index (χ2n) is 8.23. The van der Waals surface area contributed by atoms with Gasteiger partial charge in [0.2, 0.25) is 5.91 Å². The van der Waals surface area contributed by atoms with Crippen LogP contribution in [0.1, 0.15) is 31.8 Å². The van der Waals surface area contributed by atoms with Crippen LogP contribution in [0.5, 0.6) is 5.75 Å². The van der Waals surface area contributed by atoms with Crippen LogP contribution in [-0.2, 0) is 11.2 Å².